The zero-order valence-corrected chi connectivity index (χ0v) is 12.8. The van der Waals surface area contributed by atoms with Crippen LogP contribution in [0.2, 0.25) is 0 Å². The number of hydrogen-bond acceptors (Lipinski definition) is 4. The van der Waals surface area contributed by atoms with Crippen molar-refractivity contribution in [3.63, 3.8) is 0 Å². The molecule has 1 aliphatic heterocycles. The van der Waals surface area contributed by atoms with Gasteiger partial charge < -0.3 is 10.6 Å². The molecule has 5 heteroatoms. The molecule has 1 saturated heterocycles. The van der Waals surface area contributed by atoms with Gasteiger partial charge in [0.15, 0.2) is 0 Å². The lowest BCUT2D eigenvalue weighted by atomic mass is 10.1. The van der Waals surface area contributed by atoms with E-state index in [0.29, 0.717) is 36.4 Å². The molecule has 2 unspecified atom stereocenters. The molecule has 0 aromatic carbocycles. The molecular formula is C16H22N4O. The van der Waals surface area contributed by atoms with Crippen LogP contribution in [0, 0.1) is 11.8 Å². The van der Waals surface area contributed by atoms with Crippen molar-refractivity contribution < 1.29 is 4.79 Å². The van der Waals surface area contributed by atoms with Crippen molar-refractivity contribution in [2.45, 2.75) is 25.9 Å². The summed E-state index contributed by atoms with van der Waals surface area (Å²) in [4.78, 5) is 21.1. The number of carbonyl (C=O) groups excluding carboxylic acids is 1. The van der Waals surface area contributed by atoms with Crippen LogP contribution in [0.3, 0.4) is 0 Å². The zero-order chi connectivity index (χ0) is 15.4. The van der Waals surface area contributed by atoms with Gasteiger partial charge in [0.05, 0.1) is 12.1 Å². The van der Waals surface area contributed by atoms with Gasteiger partial charge in [0.2, 0.25) is 0 Å². The second-order valence-electron chi connectivity index (χ2n) is 5.48. The minimum absolute atomic E-state index is 0.0521. The molecule has 0 spiro atoms. The monoisotopic (exact) mass is 286 g/mol. The van der Waals surface area contributed by atoms with Crippen LogP contribution in [-0.4, -0.2) is 59.5 Å². The van der Waals surface area contributed by atoms with E-state index in [1.165, 1.54) is 0 Å². The third kappa shape index (κ3) is 3.41. The molecule has 1 fully saturated rings. The first-order valence-electron chi connectivity index (χ1n) is 7.19. The summed E-state index contributed by atoms with van der Waals surface area (Å²) >= 11 is 0. The average molecular weight is 286 g/mol. The molecule has 5 nitrogen and oxygen atoms in total. The Bertz CT molecular complexity index is 563. The molecule has 0 bridgehead atoms. The van der Waals surface area contributed by atoms with Crippen LogP contribution in [0.15, 0.2) is 18.3 Å². The normalized spacial score (nSPS) is 22.6. The number of rotatable bonds is 1. The molecule has 0 aliphatic carbocycles. The number of amides is 1. The van der Waals surface area contributed by atoms with Crippen molar-refractivity contribution in [1.29, 1.82) is 0 Å². The van der Waals surface area contributed by atoms with Crippen LogP contribution in [0.25, 0.3) is 0 Å². The first kappa shape index (κ1) is 15.5. The molecule has 0 radical (unpaired) electrons. The van der Waals surface area contributed by atoms with E-state index in [4.69, 9.17) is 5.73 Å². The van der Waals surface area contributed by atoms with E-state index in [1.807, 2.05) is 11.0 Å². The molecule has 0 saturated carbocycles. The van der Waals surface area contributed by atoms with Crippen LogP contribution in [0.5, 0.6) is 0 Å². The van der Waals surface area contributed by atoms with Gasteiger partial charge in [-0.25, -0.2) is 4.98 Å². The molecule has 2 N–H and O–H groups in total. The minimum atomic E-state index is -0.0521. The highest BCUT2D eigenvalue weighted by Gasteiger charge is 2.30. The number of piperazine rings is 1. The highest BCUT2D eigenvalue weighted by Crippen LogP contribution is 2.16. The standard InChI is InChI=1S/C16H22N4O/c1-12-10-20(11-13(2)19(12)3)16(21)15-14(6-4-8-17)7-5-9-18-15/h5,7,9,12-13H,8,10-11,17H2,1-3H3. The summed E-state index contributed by atoms with van der Waals surface area (Å²) in [6.07, 6.45) is 1.63. The van der Waals surface area contributed by atoms with E-state index in [-0.39, 0.29) is 12.5 Å². The van der Waals surface area contributed by atoms with Gasteiger partial charge in [-0.1, -0.05) is 11.8 Å². The van der Waals surface area contributed by atoms with Gasteiger partial charge in [0.1, 0.15) is 5.69 Å². The first-order valence-corrected chi connectivity index (χ1v) is 7.19. The van der Waals surface area contributed by atoms with E-state index < -0.39 is 0 Å². The van der Waals surface area contributed by atoms with Crippen molar-refractivity contribution in [3.05, 3.63) is 29.6 Å². The number of pyridine rings is 1. The van der Waals surface area contributed by atoms with Gasteiger partial charge in [-0.2, -0.15) is 0 Å². The maximum atomic E-state index is 12.7. The predicted molar refractivity (Wildman–Crippen MR) is 82.8 cm³/mol. The fourth-order valence-electron chi connectivity index (χ4n) is 2.54. The number of hydrogen-bond donors (Lipinski definition) is 1. The molecule has 2 atom stereocenters. The highest BCUT2D eigenvalue weighted by molar-refractivity contribution is 5.94. The summed E-state index contributed by atoms with van der Waals surface area (Å²) in [7, 11) is 2.09. The Morgan fingerprint density at radius 3 is 2.71 bits per heavy atom. The molecule has 1 amide bonds. The SMILES string of the molecule is CC1CN(C(=O)c2ncccc2C#CCN)CC(C)N1C. The van der Waals surface area contributed by atoms with Gasteiger partial charge in [0, 0.05) is 31.4 Å². The van der Waals surface area contributed by atoms with Crippen molar-refractivity contribution in [2.24, 2.45) is 5.73 Å². The molecule has 2 rings (SSSR count). The van der Waals surface area contributed by atoms with Gasteiger partial charge in [-0.05, 0) is 33.0 Å². The summed E-state index contributed by atoms with van der Waals surface area (Å²) in [5.41, 5.74) is 6.47. The van der Waals surface area contributed by atoms with E-state index >= 15 is 0 Å². The minimum Gasteiger partial charge on any atom is -0.334 e. The Balaban J connectivity index is 2.24. The summed E-state index contributed by atoms with van der Waals surface area (Å²) < 4.78 is 0. The number of likely N-dealkylation sites (N-methyl/N-ethyl adjacent to an activating group) is 1. The van der Waals surface area contributed by atoms with Gasteiger partial charge in [-0.3, -0.25) is 9.69 Å². The molecule has 21 heavy (non-hydrogen) atoms. The fraction of sp³-hybridized carbons (Fsp3) is 0.500. The number of aromatic nitrogens is 1. The highest BCUT2D eigenvalue weighted by atomic mass is 16.2. The molecule has 1 aromatic heterocycles. The number of nitrogens with two attached hydrogens (primary N) is 1. The molecule has 1 aliphatic rings. The molecular weight excluding hydrogens is 264 g/mol. The van der Waals surface area contributed by atoms with E-state index in [2.05, 4.69) is 42.6 Å². The third-order valence-electron chi connectivity index (χ3n) is 3.98. The maximum absolute atomic E-state index is 12.7. The first-order chi connectivity index (χ1) is 10.0. The number of carbonyl (C=O) groups is 1. The van der Waals surface area contributed by atoms with Crippen LogP contribution in [0.1, 0.15) is 29.9 Å². The maximum Gasteiger partial charge on any atom is 0.273 e. The van der Waals surface area contributed by atoms with Crippen molar-refractivity contribution in [2.75, 3.05) is 26.7 Å². The summed E-state index contributed by atoms with van der Waals surface area (Å²) in [6.45, 7) is 5.94. The fourth-order valence-corrected chi connectivity index (χ4v) is 2.54. The van der Waals surface area contributed by atoms with Crippen molar-refractivity contribution in [3.8, 4) is 11.8 Å². The van der Waals surface area contributed by atoms with Gasteiger partial charge in [0.25, 0.3) is 5.91 Å². The molecule has 1 aromatic rings. The Hall–Kier alpha value is -1.90. The summed E-state index contributed by atoms with van der Waals surface area (Å²) in [5, 5.41) is 0. The second-order valence-corrected chi connectivity index (χ2v) is 5.48. The Morgan fingerprint density at radius 1 is 1.43 bits per heavy atom. The zero-order valence-electron chi connectivity index (χ0n) is 12.8. The van der Waals surface area contributed by atoms with Crippen LogP contribution >= 0.6 is 0 Å². The van der Waals surface area contributed by atoms with Crippen LogP contribution < -0.4 is 5.73 Å². The topological polar surface area (TPSA) is 62.5 Å². The lowest BCUT2D eigenvalue weighted by Crippen LogP contribution is -2.56. The largest absolute Gasteiger partial charge is 0.334 e. The van der Waals surface area contributed by atoms with Gasteiger partial charge in [-0.15, -0.1) is 0 Å². The summed E-state index contributed by atoms with van der Waals surface area (Å²) in [6, 6.07) is 4.26. The Kier molecular flexibility index (Phi) is 4.94. The van der Waals surface area contributed by atoms with Crippen LogP contribution in [0.4, 0.5) is 0 Å². The molecule has 2 heterocycles. The predicted octanol–water partition coefficient (Wildman–Crippen LogP) is 0.556. The van der Waals surface area contributed by atoms with E-state index in [0.717, 1.165) is 0 Å². The van der Waals surface area contributed by atoms with E-state index in [1.54, 1.807) is 12.3 Å². The summed E-state index contributed by atoms with van der Waals surface area (Å²) in [5.74, 6) is 5.66. The van der Waals surface area contributed by atoms with E-state index in [9.17, 15) is 4.79 Å². The van der Waals surface area contributed by atoms with Gasteiger partial charge >= 0.3 is 0 Å². The molecule has 112 valence electrons. The number of nitrogens with zero attached hydrogens (tertiary/aromatic N) is 3. The quantitative estimate of drug-likeness (QED) is 0.766. The third-order valence-corrected chi connectivity index (χ3v) is 3.98. The Morgan fingerprint density at radius 2 is 2.10 bits per heavy atom. The van der Waals surface area contributed by atoms with Crippen molar-refractivity contribution >= 4 is 5.91 Å². The van der Waals surface area contributed by atoms with Crippen LogP contribution in [-0.2, 0) is 0 Å². The average Bonchev–Trinajstić information content (AvgIpc) is 2.49. The second kappa shape index (κ2) is 6.70. The van der Waals surface area contributed by atoms with Crippen molar-refractivity contribution in [1.82, 2.24) is 14.8 Å². The smallest absolute Gasteiger partial charge is 0.273 e. The Labute approximate surface area is 126 Å². The lowest BCUT2D eigenvalue weighted by Gasteiger charge is -2.42. The lowest BCUT2D eigenvalue weighted by molar-refractivity contribution is 0.0409.